The number of alkyl carbamates (subject to hydrolysis) is 1. The first kappa shape index (κ1) is 13.6. The molecule has 8 heteroatoms. The van der Waals surface area contributed by atoms with Crippen LogP contribution in [0.3, 0.4) is 0 Å². The Morgan fingerprint density at radius 2 is 1.88 bits per heavy atom. The van der Waals surface area contributed by atoms with Crippen LogP contribution < -0.4 is 5.32 Å². The minimum absolute atomic E-state index is 0.139. The smallest absolute Gasteiger partial charge is 0.422 e. The molecular weight excluding hydrogens is 243 g/mol. The van der Waals surface area contributed by atoms with Gasteiger partial charge >= 0.3 is 18.2 Å². The quantitative estimate of drug-likeness (QED) is 0.770. The topological polar surface area (TPSA) is 64.6 Å². The number of hydrogen-bond acceptors (Lipinski definition) is 4. The highest BCUT2D eigenvalue weighted by molar-refractivity contribution is 5.88. The van der Waals surface area contributed by atoms with Crippen LogP contribution in [0, 0.1) is 0 Å². The van der Waals surface area contributed by atoms with Gasteiger partial charge < -0.3 is 14.8 Å². The van der Waals surface area contributed by atoms with Crippen LogP contribution >= 0.6 is 0 Å². The molecule has 1 fully saturated rings. The monoisotopic (exact) mass is 255 g/mol. The number of esters is 1. The predicted molar refractivity (Wildman–Crippen MR) is 49.1 cm³/mol. The van der Waals surface area contributed by atoms with Gasteiger partial charge in [-0.1, -0.05) is 0 Å². The van der Waals surface area contributed by atoms with E-state index < -0.39 is 30.4 Å². The van der Waals surface area contributed by atoms with E-state index in [1.807, 2.05) is 0 Å². The number of amides is 1. The van der Waals surface area contributed by atoms with E-state index in [0.717, 1.165) is 0 Å². The van der Waals surface area contributed by atoms with Crippen LogP contribution in [0.2, 0.25) is 0 Å². The number of carbonyl (C=O) groups excluding carboxylic acids is 2. The van der Waals surface area contributed by atoms with Crippen LogP contribution in [0.15, 0.2) is 0 Å². The molecule has 0 bridgehead atoms. The van der Waals surface area contributed by atoms with E-state index in [4.69, 9.17) is 0 Å². The fourth-order valence-electron chi connectivity index (χ4n) is 1.15. The summed E-state index contributed by atoms with van der Waals surface area (Å²) in [7, 11) is 0. The largest absolute Gasteiger partial charge is 0.464 e. The number of rotatable bonds is 4. The average Bonchev–Trinajstić information content (AvgIpc) is 2.95. The first-order valence-electron chi connectivity index (χ1n) is 4.98. The van der Waals surface area contributed by atoms with Gasteiger partial charge in [0.25, 0.3) is 0 Å². The molecule has 1 aliphatic rings. The fraction of sp³-hybridized carbons (Fsp3) is 0.778. The Hall–Kier alpha value is -1.47. The van der Waals surface area contributed by atoms with Gasteiger partial charge in [0, 0.05) is 0 Å². The number of carbonyl (C=O) groups is 2. The van der Waals surface area contributed by atoms with E-state index in [9.17, 15) is 22.8 Å². The molecule has 0 saturated heterocycles. The molecule has 0 aliphatic heterocycles. The summed E-state index contributed by atoms with van der Waals surface area (Å²) in [5.41, 5.74) is -1.20. The maximum Gasteiger partial charge on any atom is 0.422 e. The summed E-state index contributed by atoms with van der Waals surface area (Å²) in [6, 6.07) is 0. The minimum atomic E-state index is -4.59. The van der Waals surface area contributed by atoms with Gasteiger partial charge in [-0.05, 0) is 19.8 Å². The van der Waals surface area contributed by atoms with Gasteiger partial charge in [-0.25, -0.2) is 9.59 Å². The molecule has 1 N–H and O–H groups in total. The van der Waals surface area contributed by atoms with Crippen molar-refractivity contribution >= 4 is 12.1 Å². The lowest BCUT2D eigenvalue weighted by atomic mass is 10.3. The van der Waals surface area contributed by atoms with Crippen molar-refractivity contribution < 1.29 is 32.2 Å². The van der Waals surface area contributed by atoms with Gasteiger partial charge in [0.15, 0.2) is 6.61 Å². The SMILES string of the molecule is CCOC(=O)C1(NC(=O)OCC(F)(F)F)CC1. The van der Waals surface area contributed by atoms with Gasteiger partial charge in [0.05, 0.1) is 6.61 Å². The van der Waals surface area contributed by atoms with Crippen molar-refractivity contribution in [3.05, 3.63) is 0 Å². The number of nitrogens with one attached hydrogen (secondary N) is 1. The molecule has 0 aromatic carbocycles. The summed E-state index contributed by atoms with van der Waals surface area (Å²) in [6.07, 6.45) is -5.18. The molecule has 0 aromatic rings. The Kier molecular flexibility index (Phi) is 3.84. The molecule has 17 heavy (non-hydrogen) atoms. The molecule has 0 heterocycles. The van der Waals surface area contributed by atoms with Crippen LogP contribution in [0.4, 0.5) is 18.0 Å². The zero-order valence-corrected chi connectivity index (χ0v) is 9.10. The summed E-state index contributed by atoms with van der Waals surface area (Å²) >= 11 is 0. The molecule has 0 radical (unpaired) electrons. The van der Waals surface area contributed by atoms with E-state index in [1.54, 1.807) is 6.92 Å². The molecule has 0 aromatic heterocycles. The Labute approximate surface area is 95.2 Å². The molecule has 98 valence electrons. The van der Waals surface area contributed by atoms with E-state index in [-0.39, 0.29) is 6.61 Å². The number of hydrogen-bond donors (Lipinski definition) is 1. The predicted octanol–water partition coefficient (Wildman–Crippen LogP) is 1.37. The molecule has 0 unspecified atom stereocenters. The standard InChI is InChI=1S/C9H12F3NO4/c1-2-16-6(14)8(3-4-8)13-7(15)17-5-9(10,11)12/h2-5H2,1H3,(H,13,15). The van der Waals surface area contributed by atoms with Crippen molar-refractivity contribution in [1.82, 2.24) is 5.32 Å². The van der Waals surface area contributed by atoms with Crippen molar-refractivity contribution in [2.45, 2.75) is 31.5 Å². The summed E-state index contributed by atoms with van der Waals surface area (Å²) in [5, 5.41) is 2.09. The third-order valence-corrected chi connectivity index (χ3v) is 2.12. The van der Waals surface area contributed by atoms with E-state index in [1.165, 1.54) is 0 Å². The molecule has 0 spiro atoms. The molecule has 1 amide bonds. The highest BCUT2D eigenvalue weighted by atomic mass is 19.4. The van der Waals surface area contributed by atoms with Crippen molar-refractivity contribution in [1.29, 1.82) is 0 Å². The van der Waals surface area contributed by atoms with E-state index >= 15 is 0 Å². The van der Waals surface area contributed by atoms with Crippen LogP contribution in [0.25, 0.3) is 0 Å². The van der Waals surface area contributed by atoms with Crippen LogP contribution in [-0.2, 0) is 14.3 Å². The zero-order chi connectivity index (χ0) is 13.1. The number of ether oxygens (including phenoxy) is 2. The number of halogens is 3. The molecule has 1 saturated carbocycles. The molecule has 5 nitrogen and oxygen atoms in total. The minimum Gasteiger partial charge on any atom is -0.464 e. The van der Waals surface area contributed by atoms with Gasteiger partial charge in [-0.2, -0.15) is 13.2 Å². The summed E-state index contributed by atoms with van der Waals surface area (Å²) in [5.74, 6) is -0.649. The van der Waals surface area contributed by atoms with Crippen LogP contribution in [-0.4, -0.2) is 37.0 Å². The Morgan fingerprint density at radius 3 is 2.29 bits per heavy atom. The van der Waals surface area contributed by atoms with Crippen molar-refractivity contribution in [2.75, 3.05) is 13.2 Å². The fourth-order valence-corrected chi connectivity index (χ4v) is 1.15. The van der Waals surface area contributed by atoms with E-state index in [2.05, 4.69) is 14.8 Å². The van der Waals surface area contributed by atoms with Gasteiger partial charge in [-0.3, -0.25) is 0 Å². The summed E-state index contributed by atoms with van der Waals surface area (Å²) in [4.78, 5) is 22.4. The van der Waals surface area contributed by atoms with Gasteiger partial charge in [0.2, 0.25) is 0 Å². The normalized spacial score (nSPS) is 17.2. The van der Waals surface area contributed by atoms with Crippen molar-refractivity contribution in [2.24, 2.45) is 0 Å². The summed E-state index contributed by atoms with van der Waals surface area (Å²) in [6.45, 7) is 0.0492. The molecular formula is C9H12F3NO4. The van der Waals surface area contributed by atoms with Crippen molar-refractivity contribution in [3.8, 4) is 0 Å². The lowest BCUT2D eigenvalue weighted by molar-refractivity contribution is -0.160. The van der Waals surface area contributed by atoms with Gasteiger partial charge in [0.1, 0.15) is 5.54 Å². The third kappa shape index (κ3) is 4.12. The molecule has 0 atom stereocenters. The second-order valence-corrected chi connectivity index (χ2v) is 3.62. The first-order valence-corrected chi connectivity index (χ1v) is 4.98. The Balaban J connectivity index is 2.38. The average molecular weight is 255 g/mol. The Bertz CT molecular complexity index is 312. The third-order valence-electron chi connectivity index (χ3n) is 2.12. The first-order chi connectivity index (χ1) is 7.79. The van der Waals surface area contributed by atoms with Crippen molar-refractivity contribution in [3.63, 3.8) is 0 Å². The van der Waals surface area contributed by atoms with Gasteiger partial charge in [-0.15, -0.1) is 0 Å². The lowest BCUT2D eigenvalue weighted by Crippen LogP contribution is -2.45. The lowest BCUT2D eigenvalue weighted by Gasteiger charge is -2.16. The highest BCUT2D eigenvalue weighted by Crippen LogP contribution is 2.36. The number of alkyl halides is 3. The van der Waals surface area contributed by atoms with Crippen LogP contribution in [0.1, 0.15) is 19.8 Å². The molecule has 1 aliphatic carbocycles. The Morgan fingerprint density at radius 1 is 1.29 bits per heavy atom. The second-order valence-electron chi connectivity index (χ2n) is 3.62. The highest BCUT2D eigenvalue weighted by Gasteiger charge is 2.53. The maximum absolute atomic E-state index is 11.7. The molecule has 1 rings (SSSR count). The zero-order valence-electron chi connectivity index (χ0n) is 9.10. The summed E-state index contributed by atoms with van der Waals surface area (Å²) < 4.78 is 43.9. The maximum atomic E-state index is 11.7. The second kappa shape index (κ2) is 4.80. The van der Waals surface area contributed by atoms with E-state index in [0.29, 0.717) is 12.8 Å². The van der Waals surface area contributed by atoms with Crippen LogP contribution in [0.5, 0.6) is 0 Å².